The minimum atomic E-state index is -0.207. The van der Waals surface area contributed by atoms with Crippen molar-refractivity contribution in [3.63, 3.8) is 0 Å². The van der Waals surface area contributed by atoms with E-state index in [9.17, 15) is 9.59 Å². The number of rotatable bonds is 3. The Morgan fingerprint density at radius 3 is 2.91 bits per heavy atom. The Morgan fingerprint density at radius 1 is 1.39 bits per heavy atom. The molecule has 0 radical (unpaired) electrons. The molecule has 2 saturated heterocycles. The molecule has 2 aliphatic heterocycles. The number of hydrogen-bond donors (Lipinski definition) is 2. The van der Waals surface area contributed by atoms with Crippen molar-refractivity contribution in [3.05, 3.63) is 0 Å². The average Bonchev–Trinajstić information content (AvgIpc) is 2.93. The molecule has 0 aromatic rings. The first-order chi connectivity index (χ1) is 10.6. The van der Waals surface area contributed by atoms with Gasteiger partial charge in [0.2, 0.25) is 11.8 Å². The number of nitrogens with zero attached hydrogens (tertiary/aromatic N) is 1. The fourth-order valence-electron chi connectivity index (χ4n) is 4.91. The van der Waals surface area contributed by atoms with Crippen LogP contribution in [0.3, 0.4) is 0 Å². The van der Waals surface area contributed by atoms with Crippen molar-refractivity contribution in [1.82, 2.24) is 15.5 Å². The highest BCUT2D eigenvalue weighted by molar-refractivity contribution is 5.86. The fraction of sp³-hybridized carbons (Fsp3) is 0.882. The number of nitrogens with one attached hydrogen (secondary N) is 2. The van der Waals surface area contributed by atoms with Crippen LogP contribution in [0.4, 0.5) is 0 Å². The van der Waals surface area contributed by atoms with Crippen LogP contribution in [-0.2, 0) is 9.59 Å². The first-order valence-electron chi connectivity index (χ1n) is 8.91. The number of likely N-dealkylation sites (tertiary alicyclic amines) is 1. The molecule has 130 valence electrons. The quantitative estimate of drug-likeness (QED) is 0.813. The standard InChI is InChI=1S/C17H27N3O2.ClH/c1-11-6-14(11)20-9-13(7-15(20)21)19-16(22)17-5-3-2-4-12(17)8-18-10-17;/h11-14,18H,2-10H2,1H3,(H,19,22);1H/t11?,12-,13?,14?,17+;/m0./s1. The Morgan fingerprint density at radius 2 is 2.17 bits per heavy atom. The lowest BCUT2D eigenvalue weighted by molar-refractivity contribution is -0.134. The number of carbonyl (C=O) groups excluding carboxylic acids is 2. The Hall–Kier alpha value is -0.810. The lowest BCUT2D eigenvalue weighted by atomic mass is 9.67. The van der Waals surface area contributed by atoms with Crippen LogP contribution >= 0.6 is 12.4 Å². The van der Waals surface area contributed by atoms with Gasteiger partial charge in [0.05, 0.1) is 11.5 Å². The van der Waals surface area contributed by atoms with Gasteiger partial charge in [-0.25, -0.2) is 0 Å². The molecule has 4 fully saturated rings. The lowest BCUT2D eigenvalue weighted by Gasteiger charge is -2.37. The maximum absolute atomic E-state index is 12.9. The summed E-state index contributed by atoms with van der Waals surface area (Å²) in [5.74, 6) is 1.55. The van der Waals surface area contributed by atoms with E-state index in [1.165, 1.54) is 6.42 Å². The highest BCUT2D eigenvalue weighted by Gasteiger charge is 2.51. The number of halogens is 1. The Balaban J connectivity index is 0.00000156. The smallest absolute Gasteiger partial charge is 0.228 e. The third-order valence-electron chi connectivity index (χ3n) is 6.45. The highest BCUT2D eigenvalue weighted by atomic mass is 35.5. The van der Waals surface area contributed by atoms with E-state index in [-0.39, 0.29) is 35.7 Å². The predicted molar refractivity (Wildman–Crippen MR) is 90.3 cm³/mol. The van der Waals surface area contributed by atoms with Gasteiger partial charge in [0.25, 0.3) is 0 Å². The molecule has 4 aliphatic rings. The van der Waals surface area contributed by atoms with Gasteiger partial charge in [-0.15, -0.1) is 12.4 Å². The largest absolute Gasteiger partial charge is 0.351 e. The van der Waals surface area contributed by atoms with Crippen LogP contribution < -0.4 is 10.6 Å². The molecule has 4 rings (SSSR count). The topological polar surface area (TPSA) is 61.4 Å². The van der Waals surface area contributed by atoms with Gasteiger partial charge in [-0.3, -0.25) is 9.59 Å². The second-order valence-electron chi connectivity index (χ2n) is 7.93. The molecule has 3 unspecified atom stereocenters. The maximum Gasteiger partial charge on any atom is 0.228 e. The minimum absolute atomic E-state index is 0. The number of hydrogen-bond acceptors (Lipinski definition) is 3. The SMILES string of the molecule is CC1CC1N1CC(NC(=O)[C@@]23CCCC[C@H]2CNC3)CC1=O.Cl. The van der Waals surface area contributed by atoms with Crippen molar-refractivity contribution >= 4 is 24.2 Å². The first kappa shape index (κ1) is 17.0. The Kier molecular flexibility index (Phi) is 4.62. The van der Waals surface area contributed by atoms with Gasteiger partial charge in [-0.1, -0.05) is 19.8 Å². The van der Waals surface area contributed by atoms with Crippen molar-refractivity contribution in [3.8, 4) is 0 Å². The van der Waals surface area contributed by atoms with E-state index < -0.39 is 0 Å². The van der Waals surface area contributed by atoms with Crippen molar-refractivity contribution in [2.24, 2.45) is 17.3 Å². The van der Waals surface area contributed by atoms with E-state index in [0.717, 1.165) is 38.8 Å². The zero-order valence-electron chi connectivity index (χ0n) is 13.8. The summed E-state index contributed by atoms with van der Waals surface area (Å²) in [7, 11) is 0. The van der Waals surface area contributed by atoms with E-state index in [1.54, 1.807) is 0 Å². The molecule has 0 spiro atoms. The van der Waals surface area contributed by atoms with Crippen molar-refractivity contribution < 1.29 is 9.59 Å². The molecule has 6 heteroatoms. The summed E-state index contributed by atoms with van der Waals surface area (Å²) in [6.45, 7) is 4.70. The summed E-state index contributed by atoms with van der Waals surface area (Å²) < 4.78 is 0. The normalized spacial score (nSPS) is 42.1. The summed E-state index contributed by atoms with van der Waals surface area (Å²) in [5, 5.41) is 6.65. The molecule has 2 saturated carbocycles. The number of amides is 2. The minimum Gasteiger partial charge on any atom is -0.351 e. The second-order valence-corrected chi connectivity index (χ2v) is 7.93. The lowest BCUT2D eigenvalue weighted by Crippen LogP contribution is -2.51. The van der Waals surface area contributed by atoms with E-state index in [0.29, 0.717) is 30.8 Å². The fourth-order valence-corrected chi connectivity index (χ4v) is 4.91. The molecule has 2 amide bonds. The van der Waals surface area contributed by atoms with Crippen LogP contribution in [0.2, 0.25) is 0 Å². The summed E-state index contributed by atoms with van der Waals surface area (Å²) >= 11 is 0. The van der Waals surface area contributed by atoms with Crippen LogP contribution in [0, 0.1) is 17.3 Å². The molecule has 2 heterocycles. The summed E-state index contributed by atoms with van der Waals surface area (Å²) in [4.78, 5) is 27.1. The van der Waals surface area contributed by atoms with E-state index >= 15 is 0 Å². The van der Waals surface area contributed by atoms with E-state index in [1.807, 2.05) is 4.90 Å². The monoisotopic (exact) mass is 341 g/mol. The highest BCUT2D eigenvalue weighted by Crippen LogP contribution is 2.44. The molecular formula is C17H28ClN3O2. The molecular weight excluding hydrogens is 314 g/mol. The van der Waals surface area contributed by atoms with Gasteiger partial charge in [0.1, 0.15) is 0 Å². The molecule has 2 aliphatic carbocycles. The van der Waals surface area contributed by atoms with Crippen LogP contribution in [0.1, 0.15) is 45.4 Å². The summed E-state index contributed by atoms with van der Waals surface area (Å²) in [6, 6.07) is 0.452. The predicted octanol–water partition coefficient (Wildman–Crippen LogP) is 1.31. The van der Waals surface area contributed by atoms with Crippen molar-refractivity contribution in [2.75, 3.05) is 19.6 Å². The third kappa shape index (κ3) is 2.86. The molecule has 0 aromatic heterocycles. The molecule has 0 aromatic carbocycles. The van der Waals surface area contributed by atoms with Gasteiger partial charge in [-0.2, -0.15) is 0 Å². The summed E-state index contributed by atoms with van der Waals surface area (Å²) in [5.41, 5.74) is -0.207. The van der Waals surface area contributed by atoms with Crippen molar-refractivity contribution in [2.45, 2.75) is 57.5 Å². The first-order valence-corrected chi connectivity index (χ1v) is 8.91. The Bertz CT molecular complexity index is 500. The maximum atomic E-state index is 12.9. The van der Waals surface area contributed by atoms with Gasteiger partial charge < -0.3 is 15.5 Å². The molecule has 23 heavy (non-hydrogen) atoms. The molecule has 5 nitrogen and oxygen atoms in total. The zero-order chi connectivity index (χ0) is 15.3. The number of fused-ring (bicyclic) bond motifs is 1. The van der Waals surface area contributed by atoms with Gasteiger partial charge in [0, 0.05) is 25.6 Å². The Labute approximate surface area is 144 Å². The van der Waals surface area contributed by atoms with Crippen LogP contribution in [0.15, 0.2) is 0 Å². The van der Waals surface area contributed by atoms with Crippen LogP contribution in [0.5, 0.6) is 0 Å². The van der Waals surface area contributed by atoms with Gasteiger partial charge in [-0.05, 0) is 37.6 Å². The van der Waals surface area contributed by atoms with Crippen LogP contribution in [-0.4, -0.2) is 48.4 Å². The third-order valence-corrected chi connectivity index (χ3v) is 6.45. The second kappa shape index (κ2) is 6.25. The van der Waals surface area contributed by atoms with Crippen LogP contribution in [0.25, 0.3) is 0 Å². The average molecular weight is 342 g/mol. The molecule has 0 bridgehead atoms. The summed E-state index contributed by atoms with van der Waals surface area (Å²) in [6.07, 6.45) is 6.18. The molecule has 2 N–H and O–H groups in total. The number of carbonyl (C=O) groups is 2. The van der Waals surface area contributed by atoms with Crippen molar-refractivity contribution in [1.29, 1.82) is 0 Å². The van der Waals surface area contributed by atoms with E-state index in [2.05, 4.69) is 17.6 Å². The molecule has 5 atom stereocenters. The zero-order valence-corrected chi connectivity index (χ0v) is 14.7. The van der Waals surface area contributed by atoms with E-state index in [4.69, 9.17) is 0 Å². The van der Waals surface area contributed by atoms with Gasteiger partial charge in [0.15, 0.2) is 0 Å². The van der Waals surface area contributed by atoms with Gasteiger partial charge >= 0.3 is 0 Å².